The molecule has 0 radical (unpaired) electrons. The van der Waals surface area contributed by atoms with Crippen LogP contribution in [-0.2, 0) is 0 Å². The van der Waals surface area contributed by atoms with Gasteiger partial charge in [-0.1, -0.05) is 30.3 Å². The number of rotatable bonds is 2. The summed E-state index contributed by atoms with van der Waals surface area (Å²) in [6, 6.07) is 9.34. The van der Waals surface area contributed by atoms with Crippen molar-refractivity contribution in [2.24, 2.45) is 0 Å². The van der Waals surface area contributed by atoms with Gasteiger partial charge in [0.25, 0.3) is 0 Å². The monoisotopic (exact) mass is 295 g/mol. The van der Waals surface area contributed by atoms with Crippen molar-refractivity contribution in [2.75, 3.05) is 0 Å². The molecule has 0 heterocycles. The van der Waals surface area contributed by atoms with Crippen LogP contribution < -0.4 is 0 Å². The predicted octanol–water partition coefficient (Wildman–Crippen LogP) is 4.45. The van der Waals surface area contributed by atoms with Crippen LogP contribution in [0.5, 0.6) is 0 Å². The fourth-order valence-electron chi connectivity index (χ4n) is 1.72. The standard InChI is InChI=1S/C15H6F5N/c16-11-10(12(17)14(19)15(20)13(11)18)9(7-21)6-8-4-2-1-3-5-8/h1-6H. The first-order valence-corrected chi connectivity index (χ1v) is 5.66. The Morgan fingerprint density at radius 3 is 1.76 bits per heavy atom. The molecule has 0 saturated carbocycles. The summed E-state index contributed by atoms with van der Waals surface area (Å²) < 4.78 is 66.5. The van der Waals surface area contributed by atoms with Gasteiger partial charge in [0.1, 0.15) is 0 Å². The van der Waals surface area contributed by atoms with Gasteiger partial charge in [-0.05, 0) is 11.6 Å². The first-order chi connectivity index (χ1) is 9.97. The average molecular weight is 295 g/mol. The van der Waals surface area contributed by atoms with E-state index < -0.39 is 40.2 Å². The molecule has 2 aromatic carbocycles. The van der Waals surface area contributed by atoms with Gasteiger partial charge in [-0.15, -0.1) is 0 Å². The predicted molar refractivity (Wildman–Crippen MR) is 66.2 cm³/mol. The molecular formula is C15H6F5N. The third-order valence-electron chi connectivity index (χ3n) is 2.71. The number of allylic oxidation sites excluding steroid dienone is 1. The first-order valence-electron chi connectivity index (χ1n) is 5.66. The van der Waals surface area contributed by atoms with Crippen LogP contribution in [0.3, 0.4) is 0 Å². The number of halogens is 5. The van der Waals surface area contributed by atoms with Gasteiger partial charge in [0.15, 0.2) is 23.3 Å². The Morgan fingerprint density at radius 1 is 0.810 bits per heavy atom. The summed E-state index contributed by atoms with van der Waals surface area (Å²) >= 11 is 0. The van der Waals surface area contributed by atoms with E-state index in [9.17, 15) is 22.0 Å². The van der Waals surface area contributed by atoms with Crippen LogP contribution in [0.2, 0.25) is 0 Å². The number of nitrogens with zero attached hydrogens (tertiary/aromatic N) is 1. The van der Waals surface area contributed by atoms with Gasteiger partial charge < -0.3 is 0 Å². The van der Waals surface area contributed by atoms with Crippen molar-refractivity contribution in [1.29, 1.82) is 5.26 Å². The van der Waals surface area contributed by atoms with Gasteiger partial charge in [0, 0.05) is 0 Å². The topological polar surface area (TPSA) is 23.8 Å². The summed E-state index contributed by atoms with van der Waals surface area (Å²) in [4.78, 5) is 0. The van der Waals surface area contributed by atoms with E-state index in [1.54, 1.807) is 18.2 Å². The Bertz CT molecular complexity index is 731. The second kappa shape index (κ2) is 5.75. The van der Waals surface area contributed by atoms with E-state index in [0.29, 0.717) is 5.56 Å². The van der Waals surface area contributed by atoms with Crippen molar-refractivity contribution in [1.82, 2.24) is 0 Å². The number of hydrogen-bond donors (Lipinski definition) is 0. The van der Waals surface area contributed by atoms with Crippen LogP contribution in [-0.4, -0.2) is 0 Å². The molecule has 0 aliphatic rings. The number of nitriles is 1. The summed E-state index contributed by atoms with van der Waals surface area (Å²) in [5.41, 5.74) is -1.51. The highest BCUT2D eigenvalue weighted by molar-refractivity contribution is 5.90. The van der Waals surface area contributed by atoms with E-state index in [1.165, 1.54) is 18.2 Å². The summed E-state index contributed by atoms with van der Waals surface area (Å²) in [6.45, 7) is 0. The molecular weight excluding hydrogens is 289 g/mol. The van der Waals surface area contributed by atoms with Crippen molar-refractivity contribution in [2.45, 2.75) is 0 Å². The molecule has 0 aliphatic carbocycles. The van der Waals surface area contributed by atoms with Gasteiger partial charge >= 0.3 is 0 Å². The molecule has 0 unspecified atom stereocenters. The molecule has 0 atom stereocenters. The van der Waals surface area contributed by atoms with E-state index >= 15 is 0 Å². The molecule has 21 heavy (non-hydrogen) atoms. The lowest BCUT2D eigenvalue weighted by Crippen LogP contribution is -2.06. The minimum Gasteiger partial charge on any atom is -0.203 e. The Balaban J connectivity index is 2.71. The van der Waals surface area contributed by atoms with Crippen LogP contribution in [0.25, 0.3) is 11.6 Å². The summed E-state index contributed by atoms with van der Waals surface area (Å²) in [6.07, 6.45) is 1.04. The van der Waals surface area contributed by atoms with Gasteiger partial charge in [-0.3, -0.25) is 0 Å². The van der Waals surface area contributed by atoms with Gasteiger partial charge in [0.05, 0.1) is 17.2 Å². The lowest BCUT2D eigenvalue weighted by atomic mass is 10.0. The Hall–Kier alpha value is -2.68. The van der Waals surface area contributed by atoms with Crippen molar-refractivity contribution in [3.8, 4) is 6.07 Å². The second-order valence-electron chi connectivity index (χ2n) is 4.03. The zero-order valence-electron chi connectivity index (χ0n) is 10.3. The molecule has 1 nitrogen and oxygen atoms in total. The lowest BCUT2D eigenvalue weighted by Gasteiger charge is -2.07. The highest BCUT2D eigenvalue weighted by atomic mass is 19.2. The van der Waals surface area contributed by atoms with Crippen LogP contribution in [0, 0.1) is 40.4 Å². The normalized spacial score (nSPS) is 11.3. The summed E-state index contributed by atoms with van der Waals surface area (Å²) in [7, 11) is 0. The molecule has 0 aromatic heterocycles. The second-order valence-corrected chi connectivity index (χ2v) is 4.03. The maximum atomic E-state index is 13.6. The Morgan fingerprint density at radius 2 is 1.29 bits per heavy atom. The molecule has 106 valence electrons. The van der Waals surface area contributed by atoms with Crippen LogP contribution in [0.1, 0.15) is 11.1 Å². The minimum atomic E-state index is -2.26. The van der Waals surface area contributed by atoms with E-state index in [2.05, 4.69) is 0 Å². The van der Waals surface area contributed by atoms with Gasteiger partial charge in [-0.2, -0.15) is 5.26 Å². The molecule has 0 aliphatic heterocycles. The van der Waals surface area contributed by atoms with E-state index in [1.807, 2.05) is 0 Å². The number of hydrogen-bond acceptors (Lipinski definition) is 1. The molecule has 0 saturated heterocycles. The zero-order valence-corrected chi connectivity index (χ0v) is 10.3. The smallest absolute Gasteiger partial charge is 0.200 e. The highest BCUT2D eigenvalue weighted by Crippen LogP contribution is 2.29. The highest BCUT2D eigenvalue weighted by Gasteiger charge is 2.27. The molecule has 6 heteroatoms. The fraction of sp³-hybridized carbons (Fsp3) is 0. The molecule has 0 bridgehead atoms. The SMILES string of the molecule is N#CC(=Cc1ccccc1)c1c(F)c(F)c(F)c(F)c1F. The largest absolute Gasteiger partial charge is 0.203 e. The average Bonchev–Trinajstić information content (AvgIpc) is 2.51. The lowest BCUT2D eigenvalue weighted by molar-refractivity contribution is 0.376. The maximum Gasteiger partial charge on any atom is 0.200 e. The van der Waals surface area contributed by atoms with E-state index in [4.69, 9.17) is 5.26 Å². The third-order valence-corrected chi connectivity index (χ3v) is 2.71. The quantitative estimate of drug-likeness (QED) is 0.264. The van der Waals surface area contributed by atoms with E-state index in [-0.39, 0.29) is 0 Å². The minimum absolute atomic E-state index is 0.387. The molecule has 0 amide bonds. The van der Waals surface area contributed by atoms with E-state index in [0.717, 1.165) is 6.08 Å². The third kappa shape index (κ3) is 2.63. The van der Waals surface area contributed by atoms with Crippen molar-refractivity contribution in [3.63, 3.8) is 0 Å². The van der Waals surface area contributed by atoms with Gasteiger partial charge in [-0.25, -0.2) is 22.0 Å². The maximum absolute atomic E-state index is 13.6. The van der Waals surface area contributed by atoms with Crippen LogP contribution in [0.4, 0.5) is 22.0 Å². The molecule has 0 fully saturated rings. The van der Waals surface area contributed by atoms with Crippen LogP contribution in [0.15, 0.2) is 30.3 Å². The molecule has 2 rings (SSSR count). The first kappa shape index (κ1) is 14.7. The number of benzene rings is 2. The zero-order chi connectivity index (χ0) is 15.6. The van der Waals surface area contributed by atoms with Crippen molar-refractivity contribution in [3.05, 3.63) is 70.5 Å². The fourth-order valence-corrected chi connectivity index (χ4v) is 1.72. The Labute approximate surface area is 116 Å². The summed E-state index contributed by atoms with van der Waals surface area (Å²) in [5.74, 6) is -10.5. The Kier molecular flexibility index (Phi) is 4.03. The summed E-state index contributed by atoms with van der Waals surface area (Å²) in [5, 5.41) is 8.95. The van der Waals surface area contributed by atoms with Gasteiger partial charge in [0.2, 0.25) is 5.82 Å². The molecule has 2 aromatic rings. The van der Waals surface area contributed by atoms with Crippen molar-refractivity contribution < 1.29 is 22.0 Å². The van der Waals surface area contributed by atoms with Crippen molar-refractivity contribution >= 4 is 11.6 Å². The molecule has 0 spiro atoms. The molecule has 0 N–H and O–H groups in total. The van der Waals surface area contributed by atoms with Crippen LogP contribution >= 0.6 is 0 Å².